The molecule has 0 heterocycles. The Balaban J connectivity index is 2.67. The predicted molar refractivity (Wildman–Crippen MR) is 61.9 cm³/mol. The van der Waals surface area contributed by atoms with Gasteiger partial charge in [-0.1, -0.05) is 37.3 Å². The van der Waals surface area contributed by atoms with Gasteiger partial charge in [-0.05, 0) is 19.4 Å². The zero-order valence-electron chi connectivity index (χ0n) is 9.77. The third-order valence-electron chi connectivity index (χ3n) is 2.40. The molecule has 0 spiro atoms. The first-order chi connectivity index (χ1) is 7.29. The van der Waals surface area contributed by atoms with Crippen LogP contribution in [0.5, 0.6) is 0 Å². The SMILES string of the molecule is CCOC(OCC)[C@@H](C)c1ccccc1. The van der Waals surface area contributed by atoms with Crippen LogP contribution in [0.4, 0.5) is 0 Å². The Morgan fingerprint density at radius 3 is 2.00 bits per heavy atom. The van der Waals surface area contributed by atoms with E-state index in [1.807, 2.05) is 32.0 Å². The summed E-state index contributed by atoms with van der Waals surface area (Å²) in [6.45, 7) is 7.47. The summed E-state index contributed by atoms with van der Waals surface area (Å²) in [5.41, 5.74) is 1.25. The zero-order valence-corrected chi connectivity index (χ0v) is 9.77. The highest BCUT2D eigenvalue weighted by Gasteiger charge is 2.18. The molecule has 0 fully saturated rings. The van der Waals surface area contributed by atoms with Crippen LogP contribution < -0.4 is 0 Å². The molecule has 84 valence electrons. The molecule has 15 heavy (non-hydrogen) atoms. The Kier molecular flexibility index (Phi) is 5.37. The van der Waals surface area contributed by atoms with Crippen LogP contribution in [0, 0.1) is 0 Å². The van der Waals surface area contributed by atoms with Crippen molar-refractivity contribution in [2.75, 3.05) is 13.2 Å². The second kappa shape index (κ2) is 6.59. The molecule has 1 rings (SSSR count). The van der Waals surface area contributed by atoms with E-state index in [0.717, 1.165) is 0 Å². The smallest absolute Gasteiger partial charge is 0.164 e. The summed E-state index contributed by atoms with van der Waals surface area (Å²) in [5, 5.41) is 0. The highest BCUT2D eigenvalue weighted by Crippen LogP contribution is 2.21. The van der Waals surface area contributed by atoms with Gasteiger partial charge in [0, 0.05) is 19.1 Å². The van der Waals surface area contributed by atoms with E-state index in [0.29, 0.717) is 13.2 Å². The van der Waals surface area contributed by atoms with Crippen LogP contribution in [-0.4, -0.2) is 19.5 Å². The predicted octanol–water partition coefficient (Wildman–Crippen LogP) is 3.19. The summed E-state index contributed by atoms with van der Waals surface area (Å²) < 4.78 is 11.2. The van der Waals surface area contributed by atoms with Gasteiger partial charge in [0.1, 0.15) is 0 Å². The van der Waals surface area contributed by atoms with E-state index in [1.54, 1.807) is 0 Å². The first-order valence-corrected chi connectivity index (χ1v) is 5.57. The Labute approximate surface area is 92.2 Å². The molecule has 1 aromatic carbocycles. The Morgan fingerprint density at radius 2 is 1.53 bits per heavy atom. The average molecular weight is 208 g/mol. The summed E-state index contributed by atoms with van der Waals surface area (Å²) in [5.74, 6) is 0.270. The maximum Gasteiger partial charge on any atom is 0.164 e. The van der Waals surface area contributed by atoms with Gasteiger partial charge in [0.05, 0.1) is 0 Å². The standard InChI is InChI=1S/C13H20O2/c1-4-14-13(15-5-2)11(3)12-9-7-6-8-10-12/h6-11,13H,4-5H2,1-3H3/t11-/m0/s1. The fourth-order valence-electron chi connectivity index (χ4n) is 1.58. The van der Waals surface area contributed by atoms with Gasteiger partial charge in [-0.25, -0.2) is 0 Å². The van der Waals surface area contributed by atoms with Gasteiger partial charge in [0.25, 0.3) is 0 Å². The van der Waals surface area contributed by atoms with E-state index in [1.165, 1.54) is 5.56 Å². The molecule has 0 radical (unpaired) electrons. The van der Waals surface area contributed by atoms with Gasteiger partial charge in [0.2, 0.25) is 0 Å². The van der Waals surface area contributed by atoms with Crippen molar-refractivity contribution < 1.29 is 9.47 Å². The third kappa shape index (κ3) is 3.65. The van der Waals surface area contributed by atoms with Crippen molar-refractivity contribution in [1.82, 2.24) is 0 Å². The van der Waals surface area contributed by atoms with Crippen LogP contribution in [0.25, 0.3) is 0 Å². The largest absolute Gasteiger partial charge is 0.352 e. The molecule has 0 N–H and O–H groups in total. The highest BCUT2D eigenvalue weighted by molar-refractivity contribution is 5.19. The molecule has 1 aromatic rings. The van der Waals surface area contributed by atoms with Crippen molar-refractivity contribution in [3.8, 4) is 0 Å². The summed E-state index contributed by atoms with van der Waals surface area (Å²) in [4.78, 5) is 0. The Hall–Kier alpha value is -0.860. The molecular weight excluding hydrogens is 188 g/mol. The summed E-state index contributed by atoms with van der Waals surface area (Å²) in [6.07, 6.45) is -0.137. The third-order valence-corrected chi connectivity index (χ3v) is 2.40. The number of benzene rings is 1. The number of rotatable bonds is 6. The lowest BCUT2D eigenvalue weighted by atomic mass is 10.0. The molecular formula is C13H20O2. The van der Waals surface area contributed by atoms with Crippen molar-refractivity contribution in [3.63, 3.8) is 0 Å². The minimum Gasteiger partial charge on any atom is -0.352 e. The van der Waals surface area contributed by atoms with Crippen LogP contribution in [0.15, 0.2) is 30.3 Å². The van der Waals surface area contributed by atoms with Crippen molar-refractivity contribution in [2.24, 2.45) is 0 Å². The first-order valence-electron chi connectivity index (χ1n) is 5.57. The van der Waals surface area contributed by atoms with E-state index in [-0.39, 0.29) is 12.2 Å². The van der Waals surface area contributed by atoms with Crippen LogP contribution in [-0.2, 0) is 9.47 Å². The summed E-state index contributed by atoms with van der Waals surface area (Å²) in [6, 6.07) is 10.3. The van der Waals surface area contributed by atoms with E-state index < -0.39 is 0 Å². The van der Waals surface area contributed by atoms with Gasteiger partial charge >= 0.3 is 0 Å². The Bertz CT molecular complexity index is 252. The molecule has 0 aliphatic rings. The lowest BCUT2D eigenvalue weighted by Gasteiger charge is -2.23. The van der Waals surface area contributed by atoms with Crippen LogP contribution in [0.1, 0.15) is 32.3 Å². The van der Waals surface area contributed by atoms with Crippen LogP contribution in [0.3, 0.4) is 0 Å². The van der Waals surface area contributed by atoms with E-state index in [4.69, 9.17) is 9.47 Å². The van der Waals surface area contributed by atoms with E-state index in [9.17, 15) is 0 Å². The summed E-state index contributed by atoms with van der Waals surface area (Å²) in [7, 11) is 0. The van der Waals surface area contributed by atoms with Gasteiger partial charge in [-0.2, -0.15) is 0 Å². The lowest BCUT2D eigenvalue weighted by Crippen LogP contribution is -2.24. The average Bonchev–Trinajstić information content (AvgIpc) is 2.29. The molecule has 1 atom stereocenters. The molecule has 0 saturated carbocycles. The Morgan fingerprint density at radius 1 is 1.00 bits per heavy atom. The van der Waals surface area contributed by atoms with Crippen LogP contribution in [0.2, 0.25) is 0 Å². The van der Waals surface area contributed by atoms with Gasteiger partial charge in [-0.3, -0.25) is 0 Å². The molecule has 0 aliphatic heterocycles. The fourth-order valence-corrected chi connectivity index (χ4v) is 1.58. The van der Waals surface area contributed by atoms with E-state index >= 15 is 0 Å². The van der Waals surface area contributed by atoms with Crippen LogP contribution >= 0.6 is 0 Å². The molecule has 0 aliphatic carbocycles. The second-order valence-corrected chi connectivity index (χ2v) is 3.48. The van der Waals surface area contributed by atoms with Gasteiger partial charge < -0.3 is 9.47 Å². The molecule has 0 saturated heterocycles. The molecule has 0 bridgehead atoms. The van der Waals surface area contributed by atoms with Crippen molar-refractivity contribution in [3.05, 3.63) is 35.9 Å². The molecule has 2 heteroatoms. The number of hydrogen-bond acceptors (Lipinski definition) is 2. The van der Waals surface area contributed by atoms with Crippen molar-refractivity contribution in [2.45, 2.75) is 33.0 Å². The van der Waals surface area contributed by atoms with Crippen molar-refractivity contribution >= 4 is 0 Å². The quantitative estimate of drug-likeness (QED) is 0.668. The monoisotopic (exact) mass is 208 g/mol. The number of hydrogen-bond donors (Lipinski definition) is 0. The first kappa shape index (κ1) is 12.2. The maximum atomic E-state index is 5.58. The molecule has 0 amide bonds. The highest BCUT2D eigenvalue weighted by atomic mass is 16.7. The second-order valence-electron chi connectivity index (χ2n) is 3.48. The molecule has 2 nitrogen and oxygen atoms in total. The molecule has 0 aromatic heterocycles. The molecule has 0 unspecified atom stereocenters. The minimum atomic E-state index is -0.137. The minimum absolute atomic E-state index is 0.137. The topological polar surface area (TPSA) is 18.5 Å². The van der Waals surface area contributed by atoms with Gasteiger partial charge in [-0.15, -0.1) is 0 Å². The fraction of sp³-hybridized carbons (Fsp3) is 0.538. The van der Waals surface area contributed by atoms with Gasteiger partial charge in [0.15, 0.2) is 6.29 Å². The van der Waals surface area contributed by atoms with E-state index in [2.05, 4.69) is 19.1 Å². The summed E-state index contributed by atoms with van der Waals surface area (Å²) >= 11 is 0. The number of ether oxygens (including phenoxy) is 2. The lowest BCUT2D eigenvalue weighted by molar-refractivity contribution is -0.147. The zero-order chi connectivity index (χ0) is 11.1. The van der Waals surface area contributed by atoms with Crippen molar-refractivity contribution in [1.29, 1.82) is 0 Å². The maximum absolute atomic E-state index is 5.58. The normalized spacial score (nSPS) is 13.1.